The minimum absolute atomic E-state index is 0.122. The lowest BCUT2D eigenvalue weighted by atomic mass is 9.96. The molecule has 0 heterocycles. The number of ether oxygens (including phenoxy) is 1. The lowest BCUT2D eigenvalue weighted by Crippen LogP contribution is -2.53. The Kier molecular flexibility index (Phi) is 13.1. The molecule has 200 valence electrons. The van der Waals surface area contributed by atoms with Crippen molar-refractivity contribution in [1.29, 1.82) is 0 Å². The van der Waals surface area contributed by atoms with Gasteiger partial charge in [0.25, 0.3) is 0 Å². The van der Waals surface area contributed by atoms with E-state index in [9.17, 15) is 14.4 Å². The quantitative estimate of drug-likeness (QED) is 0.289. The van der Waals surface area contributed by atoms with Crippen LogP contribution in [0, 0.1) is 18.3 Å². The zero-order chi connectivity index (χ0) is 27.3. The van der Waals surface area contributed by atoms with Crippen molar-refractivity contribution < 1.29 is 19.1 Å². The van der Waals surface area contributed by atoms with Crippen LogP contribution in [0.4, 0.5) is 4.79 Å². The van der Waals surface area contributed by atoms with Crippen LogP contribution in [0.5, 0.6) is 0 Å². The van der Waals surface area contributed by atoms with Gasteiger partial charge in [0.2, 0.25) is 11.8 Å². The molecular weight excluding hydrogens is 454 g/mol. The van der Waals surface area contributed by atoms with E-state index in [-0.39, 0.29) is 17.7 Å². The van der Waals surface area contributed by atoms with Gasteiger partial charge in [-0.1, -0.05) is 64.7 Å². The van der Waals surface area contributed by atoms with Gasteiger partial charge in [-0.05, 0) is 57.6 Å². The summed E-state index contributed by atoms with van der Waals surface area (Å²) in [4.78, 5) is 41.8. The average molecular weight is 500 g/mol. The first-order valence-electron chi connectivity index (χ1n) is 13.1. The SMILES string of the molecule is C#Cc1ccccc1C(C(=O)NCCCC)N(CCCC)C(=O)C(CC(C)C)NC(=O)OC(C)(C)C. The number of amides is 3. The Hall–Kier alpha value is -3.01. The largest absolute Gasteiger partial charge is 0.444 e. The van der Waals surface area contributed by atoms with E-state index >= 15 is 0 Å². The van der Waals surface area contributed by atoms with Crippen LogP contribution >= 0.6 is 0 Å². The molecule has 1 rings (SSSR count). The van der Waals surface area contributed by atoms with E-state index in [1.165, 1.54) is 0 Å². The minimum Gasteiger partial charge on any atom is -0.444 e. The third-order valence-electron chi connectivity index (χ3n) is 5.53. The van der Waals surface area contributed by atoms with E-state index in [4.69, 9.17) is 11.2 Å². The molecule has 7 nitrogen and oxygen atoms in total. The normalized spacial score (nSPS) is 12.9. The summed E-state index contributed by atoms with van der Waals surface area (Å²) in [5, 5.41) is 5.75. The standard InChI is InChI=1S/C29H45N3O4/c1-9-12-18-30-26(33)25(23-17-15-14-16-22(23)11-3)32(19-13-10-2)27(34)24(20-21(4)5)31-28(35)36-29(6,7)8/h3,14-17,21,24-25H,9-10,12-13,18-20H2,1-2,4-8H3,(H,30,33)(H,31,35). The highest BCUT2D eigenvalue weighted by atomic mass is 16.6. The van der Waals surface area contributed by atoms with E-state index < -0.39 is 23.8 Å². The van der Waals surface area contributed by atoms with Crippen LogP contribution < -0.4 is 10.6 Å². The summed E-state index contributed by atoms with van der Waals surface area (Å²) in [5.74, 6) is 2.17. The number of carbonyl (C=O) groups is 3. The van der Waals surface area contributed by atoms with Gasteiger partial charge >= 0.3 is 6.09 Å². The van der Waals surface area contributed by atoms with E-state index in [0.29, 0.717) is 37.1 Å². The number of terminal acetylenes is 1. The van der Waals surface area contributed by atoms with Crippen molar-refractivity contribution in [3.63, 3.8) is 0 Å². The van der Waals surface area contributed by atoms with Gasteiger partial charge in [-0.15, -0.1) is 6.42 Å². The molecule has 2 atom stereocenters. The molecule has 1 aromatic carbocycles. The summed E-state index contributed by atoms with van der Waals surface area (Å²) < 4.78 is 5.43. The summed E-state index contributed by atoms with van der Waals surface area (Å²) in [7, 11) is 0. The second kappa shape index (κ2) is 15.2. The number of carbonyl (C=O) groups excluding carboxylic acids is 3. The molecule has 7 heteroatoms. The lowest BCUT2D eigenvalue weighted by molar-refractivity contribution is -0.143. The number of alkyl carbamates (subject to hydrolysis) is 1. The molecule has 0 spiro atoms. The molecule has 0 aliphatic carbocycles. The number of unbranched alkanes of at least 4 members (excludes halogenated alkanes) is 2. The molecule has 0 bridgehead atoms. The number of nitrogens with one attached hydrogen (secondary N) is 2. The molecule has 36 heavy (non-hydrogen) atoms. The van der Waals surface area contributed by atoms with Crippen LogP contribution in [0.15, 0.2) is 24.3 Å². The molecule has 0 aromatic heterocycles. The van der Waals surface area contributed by atoms with Gasteiger partial charge in [0.05, 0.1) is 0 Å². The predicted octanol–water partition coefficient (Wildman–Crippen LogP) is 5.19. The highest BCUT2D eigenvalue weighted by Crippen LogP contribution is 2.27. The van der Waals surface area contributed by atoms with Crippen molar-refractivity contribution in [3.05, 3.63) is 35.4 Å². The highest BCUT2D eigenvalue weighted by Gasteiger charge is 2.37. The first kappa shape index (κ1) is 31.0. The molecule has 0 saturated carbocycles. The highest BCUT2D eigenvalue weighted by molar-refractivity contribution is 5.92. The maximum Gasteiger partial charge on any atom is 0.408 e. The van der Waals surface area contributed by atoms with Crippen LogP contribution in [0.25, 0.3) is 0 Å². The third-order valence-corrected chi connectivity index (χ3v) is 5.53. The molecule has 1 aromatic rings. The van der Waals surface area contributed by atoms with E-state index in [1.54, 1.807) is 37.8 Å². The molecule has 0 radical (unpaired) electrons. The molecule has 2 unspecified atom stereocenters. The van der Waals surface area contributed by atoms with Crippen molar-refractivity contribution in [2.24, 2.45) is 5.92 Å². The van der Waals surface area contributed by atoms with Crippen LogP contribution in [-0.4, -0.2) is 47.5 Å². The topological polar surface area (TPSA) is 87.7 Å². The zero-order valence-electron chi connectivity index (χ0n) is 23.1. The Bertz CT molecular complexity index is 899. The summed E-state index contributed by atoms with van der Waals surface area (Å²) >= 11 is 0. The first-order valence-corrected chi connectivity index (χ1v) is 13.1. The minimum atomic E-state index is -0.914. The maximum absolute atomic E-state index is 14.1. The van der Waals surface area contributed by atoms with Crippen LogP contribution in [0.3, 0.4) is 0 Å². The van der Waals surface area contributed by atoms with Gasteiger partial charge in [-0.2, -0.15) is 0 Å². The fourth-order valence-electron chi connectivity index (χ4n) is 3.84. The van der Waals surface area contributed by atoms with Crippen molar-refractivity contribution in [2.75, 3.05) is 13.1 Å². The van der Waals surface area contributed by atoms with E-state index in [1.807, 2.05) is 39.8 Å². The Morgan fingerprint density at radius 3 is 2.28 bits per heavy atom. The Morgan fingerprint density at radius 2 is 1.72 bits per heavy atom. The Balaban J connectivity index is 3.51. The van der Waals surface area contributed by atoms with E-state index in [2.05, 4.69) is 16.6 Å². The molecule has 0 aliphatic rings. The van der Waals surface area contributed by atoms with Crippen molar-refractivity contribution in [2.45, 2.75) is 98.3 Å². The average Bonchev–Trinajstić information content (AvgIpc) is 2.79. The van der Waals surface area contributed by atoms with Gasteiger partial charge in [-0.3, -0.25) is 9.59 Å². The van der Waals surface area contributed by atoms with Crippen LogP contribution in [0.2, 0.25) is 0 Å². The Labute approximate surface area is 217 Å². The molecule has 0 fully saturated rings. The summed E-state index contributed by atoms with van der Waals surface area (Å²) in [6.45, 7) is 14.2. The Morgan fingerprint density at radius 1 is 1.08 bits per heavy atom. The first-order chi connectivity index (χ1) is 16.9. The van der Waals surface area contributed by atoms with Crippen molar-refractivity contribution in [1.82, 2.24) is 15.5 Å². The van der Waals surface area contributed by atoms with Gasteiger partial charge in [0, 0.05) is 18.7 Å². The molecule has 2 N–H and O–H groups in total. The summed E-state index contributed by atoms with van der Waals surface area (Å²) in [6, 6.07) is 5.44. The second-order valence-corrected chi connectivity index (χ2v) is 10.5. The van der Waals surface area contributed by atoms with Crippen LogP contribution in [0.1, 0.15) is 97.7 Å². The fourth-order valence-corrected chi connectivity index (χ4v) is 3.84. The number of nitrogens with zero attached hydrogens (tertiary/aromatic N) is 1. The predicted molar refractivity (Wildman–Crippen MR) is 144 cm³/mol. The summed E-state index contributed by atoms with van der Waals surface area (Å²) in [5.41, 5.74) is 0.451. The summed E-state index contributed by atoms with van der Waals surface area (Å²) in [6.07, 6.45) is 8.81. The molecule has 3 amide bonds. The number of hydrogen-bond acceptors (Lipinski definition) is 4. The van der Waals surface area contributed by atoms with Gasteiger partial charge in [0.15, 0.2) is 0 Å². The number of benzene rings is 1. The lowest BCUT2D eigenvalue weighted by Gasteiger charge is -2.35. The smallest absolute Gasteiger partial charge is 0.408 e. The molecular formula is C29H45N3O4. The fraction of sp³-hybridized carbons (Fsp3) is 0.621. The second-order valence-electron chi connectivity index (χ2n) is 10.5. The zero-order valence-corrected chi connectivity index (χ0v) is 23.1. The van der Waals surface area contributed by atoms with Gasteiger partial charge in [0.1, 0.15) is 17.7 Å². The monoisotopic (exact) mass is 499 g/mol. The van der Waals surface area contributed by atoms with Gasteiger partial charge < -0.3 is 20.3 Å². The van der Waals surface area contributed by atoms with Crippen molar-refractivity contribution >= 4 is 17.9 Å². The van der Waals surface area contributed by atoms with E-state index in [0.717, 1.165) is 19.3 Å². The third kappa shape index (κ3) is 10.3. The molecule has 0 saturated heterocycles. The van der Waals surface area contributed by atoms with Crippen molar-refractivity contribution in [3.8, 4) is 12.3 Å². The van der Waals surface area contributed by atoms with Crippen LogP contribution in [-0.2, 0) is 14.3 Å². The number of rotatable bonds is 13. The maximum atomic E-state index is 14.1. The number of hydrogen-bond donors (Lipinski definition) is 2. The van der Waals surface area contributed by atoms with Gasteiger partial charge in [-0.25, -0.2) is 4.79 Å². The molecule has 0 aliphatic heterocycles.